The van der Waals surface area contributed by atoms with Crippen molar-refractivity contribution in [2.45, 2.75) is 63.9 Å². The van der Waals surface area contributed by atoms with Crippen molar-refractivity contribution in [2.24, 2.45) is 0 Å². The average molecular weight is 619 g/mol. The zero-order valence-corrected chi connectivity index (χ0v) is 26.0. The van der Waals surface area contributed by atoms with Crippen LogP contribution in [0.25, 0.3) is 0 Å². The van der Waals surface area contributed by atoms with Gasteiger partial charge in [-0.05, 0) is 55.2 Å². The topological polar surface area (TPSA) is 86.8 Å². The smallest absolute Gasteiger partial charge is 0.264 e. The molecule has 1 N–H and O–H groups in total. The van der Waals surface area contributed by atoms with E-state index in [0.717, 1.165) is 22.7 Å². The Morgan fingerprint density at radius 2 is 1.51 bits per heavy atom. The molecular weight excluding hydrogens is 581 g/mol. The molecule has 0 spiro atoms. The molecule has 2 amide bonds. The van der Waals surface area contributed by atoms with Gasteiger partial charge in [-0.1, -0.05) is 92.9 Å². The highest BCUT2D eigenvalue weighted by Gasteiger charge is 2.34. The van der Waals surface area contributed by atoms with Crippen LogP contribution < -0.4 is 9.62 Å². The fourth-order valence-corrected chi connectivity index (χ4v) is 6.56. The van der Waals surface area contributed by atoms with Crippen LogP contribution in [0.2, 0.25) is 10.0 Å². The number of anilines is 1. The van der Waals surface area contributed by atoms with Gasteiger partial charge in [0.2, 0.25) is 11.8 Å². The second-order valence-corrected chi connectivity index (χ2v) is 12.3. The van der Waals surface area contributed by atoms with E-state index in [4.69, 9.17) is 23.2 Å². The molecule has 1 atom stereocenters. The number of nitrogens with one attached hydrogen (secondary N) is 1. The van der Waals surface area contributed by atoms with Crippen molar-refractivity contribution in [3.8, 4) is 0 Å². The third-order valence-electron chi connectivity index (χ3n) is 6.86. The highest BCUT2D eigenvalue weighted by atomic mass is 35.5. The minimum atomic E-state index is -4.14. The van der Waals surface area contributed by atoms with Crippen LogP contribution in [0.4, 0.5) is 5.69 Å². The summed E-state index contributed by atoms with van der Waals surface area (Å²) < 4.78 is 29.1. The maximum Gasteiger partial charge on any atom is 0.264 e. The number of carbonyl (C=O) groups is 2. The Hall–Kier alpha value is -3.07. The molecule has 10 heteroatoms. The number of hydrogen-bond donors (Lipinski definition) is 1. The molecule has 41 heavy (non-hydrogen) atoms. The summed E-state index contributed by atoms with van der Waals surface area (Å²) in [4.78, 5) is 29.0. The molecule has 3 aromatic rings. The van der Waals surface area contributed by atoms with E-state index in [-0.39, 0.29) is 17.3 Å². The largest absolute Gasteiger partial charge is 0.354 e. The number of nitrogens with zero attached hydrogens (tertiary/aromatic N) is 2. The van der Waals surface area contributed by atoms with Gasteiger partial charge in [-0.15, -0.1) is 0 Å². The van der Waals surface area contributed by atoms with Gasteiger partial charge in [-0.3, -0.25) is 13.9 Å². The molecule has 0 bridgehead atoms. The SMILES string of the molecule is CCCCNC(=O)[C@H](CC)N(Cc1c(Cl)cccc1Cl)C(=O)CN(c1ccccc1CC)S(=O)(=O)c1ccccc1. The minimum Gasteiger partial charge on any atom is -0.354 e. The molecule has 0 fully saturated rings. The van der Waals surface area contributed by atoms with Crippen molar-refractivity contribution in [3.05, 3.63) is 94.0 Å². The van der Waals surface area contributed by atoms with Crippen LogP contribution in [0.3, 0.4) is 0 Å². The number of halogens is 2. The Bertz CT molecular complexity index is 1410. The van der Waals surface area contributed by atoms with Crippen LogP contribution in [-0.2, 0) is 32.6 Å². The van der Waals surface area contributed by atoms with E-state index in [1.165, 1.54) is 17.0 Å². The first-order valence-electron chi connectivity index (χ1n) is 13.8. The lowest BCUT2D eigenvalue weighted by atomic mass is 10.1. The summed E-state index contributed by atoms with van der Waals surface area (Å²) in [6.07, 6.45) is 2.56. The number of para-hydroxylation sites is 1. The van der Waals surface area contributed by atoms with Gasteiger partial charge >= 0.3 is 0 Å². The van der Waals surface area contributed by atoms with Gasteiger partial charge in [0, 0.05) is 28.7 Å². The van der Waals surface area contributed by atoms with Gasteiger partial charge in [-0.25, -0.2) is 8.42 Å². The number of hydrogen-bond acceptors (Lipinski definition) is 4. The Kier molecular flexibility index (Phi) is 12.1. The molecule has 0 aromatic heterocycles. The Morgan fingerprint density at radius 3 is 2.12 bits per heavy atom. The van der Waals surface area contributed by atoms with Crippen molar-refractivity contribution in [3.63, 3.8) is 0 Å². The summed E-state index contributed by atoms with van der Waals surface area (Å²) in [5.74, 6) is -0.868. The zero-order valence-electron chi connectivity index (χ0n) is 23.6. The van der Waals surface area contributed by atoms with E-state index in [9.17, 15) is 18.0 Å². The van der Waals surface area contributed by atoms with Crippen molar-refractivity contribution < 1.29 is 18.0 Å². The molecule has 0 aliphatic carbocycles. The average Bonchev–Trinajstić information content (AvgIpc) is 2.97. The number of unbranched alkanes of at least 4 members (excludes halogenated alkanes) is 1. The molecule has 0 saturated heterocycles. The second kappa shape index (κ2) is 15.2. The lowest BCUT2D eigenvalue weighted by Gasteiger charge is -2.34. The summed E-state index contributed by atoms with van der Waals surface area (Å²) >= 11 is 12.9. The molecule has 0 unspecified atom stereocenters. The first-order chi connectivity index (χ1) is 19.6. The lowest BCUT2D eigenvalue weighted by molar-refractivity contribution is -0.140. The Morgan fingerprint density at radius 1 is 0.878 bits per heavy atom. The summed E-state index contributed by atoms with van der Waals surface area (Å²) in [7, 11) is -4.14. The van der Waals surface area contributed by atoms with Gasteiger partial charge in [0.1, 0.15) is 12.6 Å². The molecule has 7 nitrogen and oxygen atoms in total. The van der Waals surface area contributed by atoms with Crippen molar-refractivity contribution >= 4 is 50.7 Å². The molecule has 0 heterocycles. The predicted molar refractivity (Wildman–Crippen MR) is 166 cm³/mol. The Labute approximate surface area is 253 Å². The first-order valence-corrected chi connectivity index (χ1v) is 16.0. The molecule has 220 valence electrons. The highest BCUT2D eigenvalue weighted by molar-refractivity contribution is 7.92. The van der Waals surface area contributed by atoms with Crippen LogP contribution in [0.5, 0.6) is 0 Å². The standard InChI is InChI=1S/C31H37Cl2N3O4S/c1-4-7-20-34-31(38)28(6-3)35(21-25-26(32)17-13-18-27(25)33)30(37)22-36(29-19-12-11-14-23(29)5-2)41(39,40)24-15-9-8-10-16-24/h8-19,28H,4-7,20-22H2,1-3H3,(H,34,38)/t28-/m0/s1. The van der Waals surface area contributed by atoms with Crippen molar-refractivity contribution in [2.75, 3.05) is 17.4 Å². The van der Waals surface area contributed by atoms with Gasteiger partial charge in [-0.2, -0.15) is 0 Å². The number of aryl methyl sites for hydroxylation is 1. The van der Waals surface area contributed by atoms with Crippen LogP contribution in [0, 0.1) is 0 Å². The molecular formula is C31H37Cl2N3O4S. The maximum atomic E-state index is 14.2. The van der Waals surface area contributed by atoms with Gasteiger partial charge in [0.25, 0.3) is 10.0 Å². The molecule has 0 aliphatic heterocycles. The predicted octanol–water partition coefficient (Wildman–Crippen LogP) is 6.47. The van der Waals surface area contributed by atoms with Crippen LogP contribution >= 0.6 is 23.2 Å². The van der Waals surface area contributed by atoms with Crippen LogP contribution in [-0.4, -0.2) is 44.3 Å². The summed E-state index contributed by atoms with van der Waals surface area (Å²) in [6, 6.07) is 19.3. The van der Waals surface area contributed by atoms with E-state index in [0.29, 0.717) is 40.7 Å². The molecule has 0 saturated carbocycles. The van der Waals surface area contributed by atoms with Crippen LogP contribution in [0.1, 0.15) is 51.2 Å². The fourth-order valence-electron chi connectivity index (χ4n) is 4.57. The molecule has 0 aliphatic rings. The zero-order chi connectivity index (χ0) is 30.0. The summed E-state index contributed by atoms with van der Waals surface area (Å²) in [6.45, 7) is 5.64. The van der Waals surface area contributed by atoms with E-state index >= 15 is 0 Å². The van der Waals surface area contributed by atoms with E-state index in [1.54, 1.807) is 48.5 Å². The monoisotopic (exact) mass is 617 g/mol. The third-order valence-corrected chi connectivity index (χ3v) is 9.34. The number of amides is 2. The highest BCUT2D eigenvalue weighted by Crippen LogP contribution is 2.30. The third kappa shape index (κ3) is 8.03. The summed E-state index contributed by atoms with van der Waals surface area (Å²) in [5, 5.41) is 3.61. The number of benzene rings is 3. The van der Waals surface area contributed by atoms with E-state index in [2.05, 4.69) is 5.32 Å². The maximum absolute atomic E-state index is 14.2. The number of sulfonamides is 1. The van der Waals surface area contributed by atoms with Gasteiger partial charge in [0.15, 0.2) is 0 Å². The lowest BCUT2D eigenvalue weighted by Crippen LogP contribution is -2.52. The molecule has 0 radical (unpaired) electrons. The number of rotatable bonds is 14. The summed E-state index contributed by atoms with van der Waals surface area (Å²) in [5.41, 5.74) is 1.66. The van der Waals surface area contributed by atoms with Gasteiger partial charge in [0.05, 0.1) is 10.6 Å². The molecule has 3 rings (SSSR count). The van der Waals surface area contributed by atoms with Crippen molar-refractivity contribution in [1.82, 2.24) is 10.2 Å². The normalized spacial score (nSPS) is 12.0. The van der Waals surface area contributed by atoms with E-state index < -0.39 is 28.5 Å². The molecule has 3 aromatic carbocycles. The van der Waals surface area contributed by atoms with Gasteiger partial charge < -0.3 is 10.2 Å². The second-order valence-electron chi connectivity index (χ2n) is 9.60. The quantitative estimate of drug-likeness (QED) is 0.210. The van der Waals surface area contributed by atoms with Crippen molar-refractivity contribution in [1.29, 1.82) is 0 Å². The Balaban J connectivity index is 2.10. The fraction of sp³-hybridized carbons (Fsp3) is 0.355. The van der Waals surface area contributed by atoms with E-state index in [1.807, 2.05) is 32.9 Å². The first kappa shape index (κ1) is 32.4. The number of carbonyl (C=O) groups excluding carboxylic acids is 2. The van der Waals surface area contributed by atoms with Crippen LogP contribution in [0.15, 0.2) is 77.7 Å². The minimum absolute atomic E-state index is 0.0590.